The number of piperidine rings is 1. The van der Waals surface area contributed by atoms with Crippen LogP contribution < -0.4 is 21.3 Å². The number of hydrogen-bond acceptors (Lipinski definition) is 7. The van der Waals surface area contributed by atoms with Crippen molar-refractivity contribution >= 4 is 39.4 Å². The van der Waals surface area contributed by atoms with Gasteiger partial charge in [0, 0.05) is 13.1 Å². The number of likely N-dealkylation sites (N-methyl/N-ethyl adjacent to an activating group) is 1. The monoisotopic (exact) mass is 707 g/mol. The van der Waals surface area contributed by atoms with E-state index in [1.54, 1.807) is 39.5 Å². The molecule has 3 saturated carbocycles. The van der Waals surface area contributed by atoms with Crippen LogP contribution in [0, 0.1) is 28.6 Å². The van der Waals surface area contributed by atoms with Gasteiger partial charge in [0.2, 0.25) is 17.6 Å². The molecule has 0 radical (unpaired) electrons. The van der Waals surface area contributed by atoms with Crippen LogP contribution in [0.15, 0.2) is 0 Å². The van der Waals surface area contributed by atoms with Gasteiger partial charge in [-0.1, -0.05) is 67.2 Å². The van der Waals surface area contributed by atoms with Crippen LogP contribution in [0.25, 0.3) is 0 Å². The van der Waals surface area contributed by atoms with E-state index >= 15 is 0 Å². The standard InChI is InChI=1S/C36H61N5O7S/c1-12-22-19-36(22,27(42)29(44)37-13-2)39-28(43)25-24-23(34(24,10)11)20-41(25)30(45)26(32(4,5)6)38-31(46)40-35(17-15-14-16-18-35)21(3)49(47,48)33(7,8)9/h21-26H,12-20H2,1-11H3,(H,37,44)(H,39,43)(H2,38,40,46)/t21-,22+,23-,24-,25-,26+,36-/m0/s1. The molecule has 0 aromatic carbocycles. The fraction of sp³-hybridized carbons (Fsp3) is 0.861. The zero-order chi connectivity index (χ0) is 37.1. The third-order valence-corrected chi connectivity index (χ3v) is 15.3. The largest absolute Gasteiger partial charge is 0.350 e. The van der Waals surface area contributed by atoms with E-state index in [9.17, 15) is 32.4 Å². The third-order valence-electron chi connectivity index (χ3n) is 12.2. The highest BCUT2D eigenvalue weighted by Gasteiger charge is 2.71. The molecule has 4 aliphatic rings. The molecule has 1 heterocycles. The second-order valence-corrected chi connectivity index (χ2v) is 20.8. The van der Waals surface area contributed by atoms with Crippen molar-refractivity contribution in [1.29, 1.82) is 0 Å². The number of fused-ring (bicyclic) bond motifs is 1. The Morgan fingerprint density at radius 3 is 2.00 bits per heavy atom. The number of nitrogens with zero attached hydrogens (tertiary/aromatic N) is 1. The molecule has 12 nitrogen and oxygen atoms in total. The Hall–Kier alpha value is -2.70. The quantitative estimate of drug-likeness (QED) is 0.238. The summed E-state index contributed by atoms with van der Waals surface area (Å²) < 4.78 is 26.2. The van der Waals surface area contributed by atoms with Crippen LogP contribution in [0.2, 0.25) is 0 Å². The maximum atomic E-state index is 14.5. The Morgan fingerprint density at radius 2 is 1.51 bits per heavy atom. The lowest BCUT2D eigenvalue weighted by Gasteiger charge is -2.45. The van der Waals surface area contributed by atoms with Crippen LogP contribution in [0.3, 0.4) is 0 Å². The van der Waals surface area contributed by atoms with Gasteiger partial charge in [-0.05, 0) is 82.5 Å². The van der Waals surface area contributed by atoms with Crippen molar-refractivity contribution in [2.75, 3.05) is 13.1 Å². The SMILES string of the molecule is CCNC(=O)C(=O)[C@]1(NC(=O)[C@@H]2[C@@H]3[C@H](CN2C(=O)[C@@H](NC(=O)NC2([C@H](C)S(=O)(=O)C(C)(C)C)CCCCC2)C(C)(C)C)C3(C)C)C[C@H]1CC. The molecule has 0 spiro atoms. The van der Waals surface area contributed by atoms with E-state index < -0.39 is 77.9 Å². The van der Waals surface area contributed by atoms with Gasteiger partial charge in [0.25, 0.3) is 5.91 Å². The number of hydrogen-bond donors (Lipinski definition) is 4. The molecule has 13 heteroatoms. The lowest BCUT2D eigenvalue weighted by Crippen LogP contribution is -2.66. The van der Waals surface area contributed by atoms with E-state index in [2.05, 4.69) is 35.1 Å². The topological polar surface area (TPSA) is 171 Å². The lowest BCUT2D eigenvalue weighted by molar-refractivity contribution is -0.145. The number of carbonyl (C=O) groups excluding carboxylic acids is 5. The number of rotatable bonds is 11. The predicted octanol–water partition coefficient (Wildman–Crippen LogP) is 3.48. The van der Waals surface area contributed by atoms with E-state index in [1.165, 1.54) is 0 Å². The number of carbonyl (C=O) groups is 5. The maximum Gasteiger partial charge on any atom is 0.315 e. The van der Waals surface area contributed by atoms with Gasteiger partial charge in [-0.15, -0.1) is 0 Å². The molecule has 1 aliphatic heterocycles. The summed E-state index contributed by atoms with van der Waals surface area (Å²) in [5, 5.41) is 10.6. The molecule has 0 aromatic rings. The highest BCUT2D eigenvalue weighted by molar-refractivity contribution is 7.93. The highest BCUT2D eigenvalue weighted by Crippen LogP contribution is 2.65. The molecule has 1 saturated heterocycles. The number of likely N-dealkylation sites (tertiary alicyclic amines) is 1. The van der Waals surface area contributed by atoms with E-state index in [0.29, 0.717) is 32.2 Å². The van der Waals surface area contributed by atoms with E-state index in [0.717, 1.165) is 19.3 Å². The van der Waals surface area contributed by atoms with Crippen molar-refractivity contribution in [2.24, 2.45) is 28.6 Å². The van der Waals surface area contributed by atoms with Crippen molar-refractivity contribution in [3.8, 4) is 0 Å². The average Bonchev–Trinajstić information content (AvgIpc) is 3.76. The fourth-order valence-electron chi connectivity index (χ4n) is 8.71. The molecule has 278 valence electrons. The zero-order valence-corrected chi connectivity index (χ0v) is 32.4. The number of sulfone groups is 1. The molecule has 0 unspecified atom stereocenters. The number of amides is 5. The number of ketones is 1. The summed E-state index contributed by atoms with van der Waals surface area (Å²) in [5.41, 5.74) is -3.25. The van der Waals surface area contributed by atoms with Crippen molar-refractivity contribution in [3.05, 3.63) is 0 Å². The first-order valence-electron chi connectivity index (χ1n) is 18.2. The summed E-state index contributed by atoms with van der Waals surface area (Å²) in [4.78, 5) is 70.0. The molecule has 4 rings (SSSR count). The molecule has 4 N–H and O–H groups in total. The minimum Gasteiger partial charge on any atom is -0.350 e. The Labute approximate surface area is 293 Å². The minimum absolute atomic E-state index is 0.0619. The molecule has 4 fully saturated rings. The first-order valence-corrected chi connectivity index (χ1v) is 19.7. The van der Waals surface area contributed by atoms with Gasteiger partial charge in [-0.25, -0.2) is 13.2 Å². The second kappa shape index (κ2) is 13.1. The van der Waals surface area contributed by atoms with E-state index in [4.69, 9.17) is 0 Å². The summed E-state index contributed by atoms with van der Waals surface area (Å²) in [6, 6.07) is -2.53. The Balaban J connectivity index is 1.59. The highest BCUT2D eigenvalue weighted by atomic mass is 32.2. The van der Waals surface area contributed by atoms with Crippen LogP contribution in [0.1, 0.15) is 121 Å². The summed E-state index contributed by atoms with van der Waals surface area (Å²) in [5.74, 6) is -2.52. The van der Waals surface area contributed by atoms with Crippen molar-refractivity contribution < 1.29 is 32.4 Å². The van der Waals surface area contributed by atoms with Crippen LogP contribution in [-0.4, -0.2) is 89.1 Å². The predicted molar refractivity (Wildman–Crippen MR) is 188 cm³/mol. The first-order chi connectivity index (χ1) is 22.4. The number of nitrogens with one attached hydrogen (secondary N) is 4. The molecule has 49 heavy (non-hydrogen) atoms. The van der Waals surface area contributed by atoms with Gasteiger partial charge in [-0.3, -0.25) is 19.2 Å². The van der Waals surface area contributed by atoms with E-state index in [1.807, 2.05) is 27.7 Å². The molecule has 3 aliphatic carbocycles. The van der Waals surface area contributed by atoms with Crippen LogP contribution in [-0.2, 0) is 29.0 Å². The number of urea groups is 1. The lowest BCUT2D eigenvalue weighted by atomic mass is 9.79. The third kappa shape index (κ3) is 6.98. The summed E-state index contributed by atoms with van der Waals surface area (Å²) in [7, 11) is -3.64. The normalized spacial score (nSPS) is 29.9. The molecule has 0 bridgehead atoms. The molecular weight excluding hydrogens is 646 g/mol. The number of Topliss-reactive ketones (excluding diaryl/α,β-unsaturated/α-hetero) is 1. The van der Waals surface area contributed by atoms with Gasteiger partial charge in [0.05, 0.1) is 15.5 Å². The summed E-state index contributed by atoms with van der Waals surface area (Å²) in [6.45, 7) is 20.6. The van der Waals surface area contributed by atoms with Crippen LogP contribution in [0.4, 0.5) is 4.79 Å². The first kappa shape index (κ1) is 39.1. The van der Waals surface area contributed by atoms with Gasteiger partial charge in [0.1, 0.15) is 17.6 Å². The Bertz CT molecular complexity index is 1460. The Morgan fingerprint density at radius 1 is 0.918 bits per heavy atom. The smallest absolute Gasteiger partial charge is 0.315 e. The van der Waals surface area contributed by atoms with Crippen LogP contribution >= 0.6 is 0 Å². The van der Waals surface area contributed by atoms with Gasteiger partial charge >= 0.3 is 6.03 Å². The maximum absolute atomic E-state index is 14.5. The molecule has 5 amide bonds. The van der Waals surface area contributed by atoms with Gasteiger partial charge in [0.15, 0.2) is 9.84 Å². The van der Waals surface area contributed by atoms with Gasteiger partial charge < -0.3 is 26.2 Å². The Kier molecular flexibility index (Phi) is 10.5. The fourth-order valence-corrected chi connectivity index (χ4v) is 10.7. The van der Waals surface area contributed by atoms with Gasteiger partial charge in [-0.2, -0.15) is 0 Å². The van der Waals surface area contributed by atoms with Crippen molar-refractivity contribution in [2.45, 2.75) is 154 Å². The summed E-state index contributed by atoms with van der Waals surface area (Å²) >= 11 is 0. The van der Waals surface area contributed by atoms with Crippen molar-refractivity contribution in [3.63, 3.8) is 0 Å². The second-order valence-electron chi connectivity index (χ2n) is 17.8. The molecule has 7 atom stereocenters. The average molecular weight is 708 g/mol. The molecular formula is C36H61N5O7S. The zero-order valence-electron chi connectivity index (χ0n) is 31.5. The van der Waals surface area contributed by atoms with Crippen LogP contribution in [0.5, 0.6) is 0 Å². The summed E-state index contributed by atoms with van der Waals surface area (Å²) in [6.07, 6.45) is 4.48. The van der Waals surface area contributed by atoms with E-state index in [-0.39, 0.29) is 29.7 Å². The van der Waals surface area contributed by atoms with Crippen molar-refractivity contribution in [1.82, 2.24) is 26.2 Å². The minimum atomic E-state index is -3.64. The molecule has 0 aromatic heterocycles.